The lowest BCUT2D eigenvalue weighted by molar-refractivity contribution is -0.894. The number of hydrogen-bond donors (Lipinski definition) is 1. The van der Waals surface area contributed by atoms with Crippen LogP contribution in [0.1, 0.15) is 11.1 Å². The van der Waals surface area contributed by atoms with Crippen LogP contribution in [0.25, 0.3) is 0 Å². The first-order valence-corrected chi connectivity index (χ1v) is 8.47. The van der Waals surface area contributed by atoms with Crippen LogP contribution < -0.4 is 14.4 Å². The molecule has 1 saturated heterocycles. The fraction of sp³-hybridized carbons (Fsp3) is 0.368. The van der Waals surface area contributed by atoms with Crippen LogP contribution in [0.2, 0.25) is 0 Å². The number of ether oxygens (including phenoxy) is 1. The molecule has 132 valence electrons. The Kier molecular flexibility index (Phi) is 5.07. The minimum absolute atomic E-state index is 0.00880. The van der Waals surface area contributed by atoms with Gasteiger partial charge >= 0.3 is 5.82 Å². The van der Waals surface area contributed by atoms with Crippen molar-refractivity contribution in [3.05, 3.63) is 53.7 Å². The fourth-order valence-electron chi connectivity index (χ4n) is 2.95. The van der Waals surface area contributed by atoms with Crippen LogP contribution in [0, 0.1) is 13.8 Å². The average Bonchev–Trinajstić information content (AvgIpc) is 2.63. The number of benzene rings is 1. The van der Waals surface area contributed by atoms with Crippen molar-refractivity contribution in [2.24, 2.45) is 0 Å². The molecular formula is C19H24N3O3+. The van der Waals surface area contributed by atoms with Crippen LogP contribution in [0.4, 0.5) is 5.82 Å². The molecule has 0 spiro atoms. The van der Waals surface area contributed by atoms with Gasteiger partial charge in [-0.2, -0.15) is 0 Å². The van der Waals surface area contributed by atoms with E-state index < -0.39 is 0 Å². The molecular weight excluding hydrogens is 318 g/mol. The number of carbonyl (C=O) groups is 1. The van der Waals surface area contributed by atoms with Gasteiger partial charge in [0.15, 0.2) is 6.61 Å². The summed E-state index contributed by atoms with van der Waals surface area (Å²) in [5.41, 5.74) is 2.14. The van der Waals surface area contributed by atoms with Crippen LogP contribution in [0.5, 0.6) is 5.75 Å². The number of rotatable bonds is 4. The van der Waals surface area contributed by atoms with Crippen LogP contribution in [-0.4, -0.2) is 48.8 Å². The van der Waals surface area contributed by atoms with Crippen LogP contribution in [0.15, 0.2) is 42.6 Å². The third kappa shape index (κ3) is 4.02. The minimum Gasteiger partial charge on any atom is -0.483 e. The first-order valence-electron chi connectivity index (χ1n) is 8.47. The van der Waals surface area contributed by atoms with Gasteiger partial charge in [-0.25, -0.2) is 0 Å². The Morgan fingerprint density at radius 3 is 2.64 bits per heavy atom. The summed E-state index contributed by atoms with van der Waals surface area (Å²) >= 11 is 0. The molecule has 1 aliphatic rings. The van der Waals surface area contributed by atoms with Crippen molar-refractivity contribution in [1.82, 2.24) is 4.90 Å². The maximum atomic E-state index is 12.4. The smallest absolute Gasteiger partial charge is 0.316 e. The summed E-state index contributed by atoms with van der Waals surface area (Å²) < 4.78 is 6.83. The first kappa shape index (κ1) is 17.1. The van der Waals surface area contributed by atoms with E-state index >= 15 is 0 Å². The zero-order chi connectivity index (χ0) is 17.8. The summed E-state index contributed by atoms with van der Waals surface area (Å²) in [5.74, 6) is 1.49. The Labute approximate surface area is 147 Å². The molecule has 0 radical (unpaired) electrons. The number of pyridine rings is 1. The van der Waals surface area contributed by atoms with Gasteiger partial charge in [0.25, 0.3) is 5.91 Å². The topological polar surface area (TPSA) is 56.9 Å². The molecule has 6 nitrogen and oxygen atoms in total. The number of aryl methyl sites for hydroxylation is 2. The molecule has 1 fully saturated rings. The molecule has 0 saturated carbocycles. The van der Waals surface area contributed by atoms with Gasteiger partial charge in [-0.3, -0.25) is 9.69 Å². The van der Waals surface area contributed by atoms with Crippen molar-refractivity contribution >= 4 is 11.7 Å². The SMILES string of the molecule is Cc1ccc(C)c(OCC(=O)N2CCN(c3cccc[n+]3O)CC2)c1. The first-order chi connectivity index (χ1) is 12.0. The Bertz CT molecular complexity index is 755. The van der Waals surface area contributed by atoms with Crippen molar-refractivity contribution in [3.63, 3.8) is 0 Å². The van der Waals surface area contributed by atoms with Crippen molar-refractivity contribution in [2.75, 3.05) is 37.7 Å². The van der Waals surface area contributed by atoms with E-state index in [4.69, 9.17) is 4.74 Å². The molecule has 1 aromatic carbocycles. The van der Waals surface area contributed by atoms with E-state index in [1.807, 2.05) is 49.1 Å². The van der Waals surface area contributed by atoms with Gasteiger partial charge in [0, 0.05) is 6.07 Å². The largest absolute Gasteiger partial charge is 0.483 e. The monoisotopic (exact) mass is 342 g/mol. The molecule has 1 amide bonds. The van der Waals surface area contributed by atoms with Gasteiger partial charge < -0.3 is 14.8 Å². The molecule has 0 atom stereocenters. The lowest BCUT2D eigenvalue weighted by Gasteiger charge is -2.31. The fourth-order valence-corrected chi connectivity index (χ4v) is 2.95. The van der Waals surface area contributed by atoms with E-state index in [0.717, 1.165) is 27.4 Å². The predicted octanol–water partition coefficient (Wildman–Crippen LogP) is 1.56. The van der Waals surface area contributed by atoms with E-state index in [-0.39, 0.29) is 12.5 Å². The summed E-state index contributed by atoms with van der Waals surface area (Å²) in [6.45, 7) is 6.62. The summed E-state index contributed by atoms with van der Waals surface area (Å²) in [6.07, 6.45) is 1.60. The number of anilines is 1. The minimum atomic E-state index is -0.00880. The highest BCUT2D eigenvalue weighted by molar-refractivity contribution is 5.78. The molecule has 1 N–H and O–H groups in total. The molecule has 3 rings (SSSR count). The number of aromatic nitrogens is 1. The second-order valence-electron chi connectivity index (χ2n) is 6.33. The molecule has 2 heterocycles. The highest BCUT2D eigenvalue weighted by Crippen LogP contribution is 2.19. The summed E-state index contributed by atoms with van der Waals surface area (Å²) in [5, 5.41) is 9.87. The molecule has 6 heteroatoms. The van der Waals surface area contributed by atoms with Crippen molar-refractivity contribution in [3.8, 4) is 5.75 Å². The quantitative estimate of drug-likeness (QED) is 0.677. The Hall–Kier alpha value is -2.76. The van der Waals surface area contributed by atoms with Gasteiger partial charge in [0.05, 0.1) is 13.1 Å². The zero-order valence-electron chi connectivity index (χ0n) is 14.7. The van der Waals surface area contributed by atoms with Gasteiger partial charge in [-0.15, -0.1) is 0 Å². The van der Waals surface area contributed by atoms with E-state index in [9.17, 15) is 10.0 Å². The van der Waals surface area contributed by atoms with Crippen molar-refractivity contribution in [1.29, 1.82) is 0 Å². The third-order valence-corrected chi connectivity index (χ3v) is 4.47. The lowest BCUT2D eigenvalue weighted by atomic mass is 10.1. The number of nitrogens with zero attached hydrogens (tertiary/aromatic N) is 3. The molecule has 1 aliphatic heterocycles. The Morgan fingerprint density at radius 1 is 1.16 bits per heavy atom. The number of piperazine rings is 1. The molecule has 0 unspecified atom stereocenters. The van der Waals surface area contributed by atoms with Crippen LogP contribution in [0.3, 0.4) is 0 Å². The predicted molar refractivity (Wildman–Crippen MR) is 94.0 cm³/mol. The lowest BCUT2D eigenvalue weighted by Crippen LogP contribution is -2.53. The van der Waals surface area contributed by atoms with Gasteiger partial charge in [-0.1, -0.05) is 22.9 Å². The molecule has 0 bridgehead atoms. The molecule has 1 aromatic heterocycles. The van der Waals surface area contributed by atoms with Gasteiger partial charge in [0.2, 0.25) is 0 Å². The standard InChI is InChI=1S/C19H24N3O3/c1-15-6-7-16(2)17(13-15)25-14-19(23)21-11-9-20(10-12-21)18-5-3-4-8-22(18)24/h3-8,13,24H,9-12,14H2,1-2H3/q+1. The Balaban J connectivity index is 1.53. The van der Waals surface area contributed by atoms with Crippen molar-refractivity contribution < 1.29 is 19.5 Å². The normalized spacial score (nSPS) is 14.5. The van der Waals surface area contributed by atoms with E-state index in [1.165, 1.54) is 0 Å². The molecule has 2 aromatic rings. The average molecular weight is 342 g/mol. The van der Waals surface area contributed by atoms with E-state index in [0.29, 0.717) is 26.2 Å². The van der Waals surface area contributed by atoms with Crippen LogP contribution in [-0.2, 0) is 4.79 Å². The highest BCUT2D eigenvalue weighted by atomic mass is 16.5. The van der Waals surface area contributed by atoms with Crippen molar-refractivity contribution in [2.45, 2.75) is 13.8 Å². The van der Waals surface area contributed by atoms with E-state index in [2.05, 4.69) is 4.90 Å². The molecule has 0 aliphatic carbocycles. The zero-order valence-corrected chi connectivity index (χ0v) is 14.7. The highest BCUT2D eigenvalue weighted by Gasteiger charge is 2.28. The third-order valence-electron chi connectivity index (χ3n) is 4.47. The van der Waals surface area contributed by atoms with E-state index in [1.54, 1.807) is 12.3 Å². The van der Waals surface area contributed by atoms with Crippen LogP contribution >= 0.6 is 0 Å². The van der Waals surface area contributed by atoms with Gasteiger partial charge in [-0.05, 0) is 37.1 Å². The number of hydrogen-bond acceptors (Lipinski definition) is 4. The second kappa shape index (κ2) is 7.42. The maximum absolute atomic E-state index is 12.4. The Morgan fingerprint density at radius 2 is 1.92 bits per heavy atom. The number of amides is 1. The van der Waals surface area contributed by atoms with Gasteiger partial charge in [0.1, 0.15) is 25.0 Å². The summed E-state index contributed by atoms with van der Waals surface area (Å²) in [7, 11) is 0. The maximum Gasteiger partial charge on any atom is 0.316 e. The summed E-state index contributed by atoms with van der Waals surface area (Å²) in [6, 6.07) is 11.5. The summed E-state index contributed by atoms with van der Waals surface area (Å²) in [4.78, 5) is 16.3. The molecule has 25 heavy (non-hydrogen) atoms. The second-order valence-corrected chi connectivity index (χ2v) is 6.33. The number of carbonyl (C=O) groups excluding carboxylic acids is 1.